The monoisotopic (exact) mass is 594 g/mol. The topological polar surface area (TPSA) is 42.0 Å². The predicted molar refractivity (Wildman–Crippen MR) is 180 cm³/mol. The van der Waals surface area contributed by atoms with Crippen LogP contribution in [0.3, 0.4) is 0 Å². The molecule has 0 amide bonds. The van der Waals surface area contributed by atoms with Crippen molar-refractivity contribution in [2.75, 3.05) is 16.3 Å². The molecule has 0 radical (unpaired) electrons. The van der Waals surface area contributed by atoms with E-state index >= 15 is 0 Å². The molecular weight excluding hydrogens is 556 g/mol. The fourth-order valence-corrected chi connectivity index (χ4v) is 6.84. The number of hydrogen-bond acceptors (Lipinski definition) is 5. The van der Waals surface area contributed by atoms with Crippen molar-refractivity contribution in [2.24, 2.45) is 0 Å². The molecule has 5 aromatic carbocycles. The third-order valence-electron chi connectivity index (χ3n) is 9.27. The number of esters is 1. The summed E-state index contributed by atoms with van der Waals surface area (Å²) in [5.74, 6) is 1.09. The van der Waals surface area contributed by atoms with Gasteiger partial charge in [-0.3, -0.25) is 0 Å². The lowest BCUT2D eigenvalue weighted by molar-refractivity contribution is 0.0224. The normalized spacial score (nSPS) is 16.6. The Balaban J connectivity index is 1.39. The van der Waals surface area contributed by atoms with E-state index in [2.05, 4.69) is 109 Å². The maximum Gasteiger partial charge on any atom is 0.340 e. The molecule has 2 atom stereocenters. The van der Waals surface area contributed by atoms with E-state index < -0.39 is 5.60 Å². The summed E-state index contributed by atoms with van der Waals surface area (Å²) in [4.78, 5) is 18.3. The molecular formula is C40H38N2O3. The Morgan fingerprint density at radius 3 is 1.98 bits per heavy atom. The first-order valence-electron chi connectivity index (χ1n) is 15.9. The molecule has 0 bridgehead atoms. The Kier molecular flexibility index (Phi) is 7.54. The van der Waals surface area contributed by atoms with Crippen molar-refractivity contribution in [1.82, 2.24) is 0 Å². The van der Waals surface area contributed by atoms with Crippen molar-refractivity contribution in [2.45, 2.75) is 51.9 Å². The van der Waals surface area contributed by atoms with Crippen LogP contribution in [0.1, 0.15) is 65.4 Å². The molecule has 0 saturated heterocycles. The zero-order chi connectivity index (χ0) is 31.0. The fourth-order valence-electron chi connectivity index (χ4n) is 6.84. The van der Waals surface area contributed by atoms with Crippen LogP contribution in [0.4, 0.5) is 11.4 Å². The van der Waals surface area contributed by atoms with Gasteiger partial charge in [0.05, 0.1) is 5.56 Å². The highest BCUT2D eigenvalue weighted by Gasteiger charge is 2.53. The van der Waals surface area contributed by atoms with E-state index in [1.165, 1.54) is 11.1 Å². The molecule has 1 spiro atoms. The number of rotatable bonds is 9. The first-order valence-corrected chi connectivity index (χ1v) is 15.9. The molecule has 226 valence electrons. The molecule has 0 N–H and O–H groups in total. The van der Waals surface area contributed by atoms with Crippen LogP contribution in [0.15, 0.2) is 121 Å². The number of anilines is 2. The van der Waals surface area contributed by atoms with Gasteiger partial charge in [-0.05, 0) is 67.8 Å². The fraction of sp³-hybridized carbons (Fsp3) is 0.225. The first kappa shape index (κ1) is 28.7. The lowest BCUT2D eigenvalue weighted by atomic mass is 9.77. The maximum absolute atomic E-state index is 13.5. The van der Waals surface area contributed by atoms with Crippen LogP contribution >= 0.6 is 0 Å². The molecule has 5 nitrogen and oxygen atoms in total. The average Bonchev–Trinajstić information content (AvgIpc) is 3.38. The molecule has 45 heavy (non-hydrogen) atoms. The molecule has 0 saturated carbocycles. The standard InChI is InChI=1S/C40H38N2O3/c1-4-28(3)42(5-2)32-20-22-35-38(25-32)44-37-23-21-31(24-36(37)40(35)34-19-13-12-18-33(34)39(43)45-40)41(26-29-14-8-6-9-15-29)27-30-16-10-7-11-17-30/h6-25,28H,4-5,26-27H2,1-3H3. The molecule has 2 aliphatic rings. The van der Waals surface area contributed by atoms with Crippen LogP contribution in [-0.2, 0) is 23.4 Å². The van der Waals surface area contributed by atoms with Crippen molar-refractivity contribution in [3.63, 3.8) is 0 Å². The van der Waals surface area contributed by atoms with Gasteiger partial charge in [0.25, 0.3) is 0 Å². The minimum Gasteiger partial charge on any atom is -0.456 e. The lowest BCUT2D eigenvalue weighted by Crippen LogP contribution is -2.35. The maximum atomic E-state index is 13.5. The Hall–Kier alpha value is -5.03. The van der Waals surface area contributed by atoms with Crippen LogP contribution in [0, 0.1) is 0 Å². The van der Waals surface area contributed by atoms with Crippen LogP contribution in [0.5, 0.6) is 11.5 Å². The molecule has 7 rings (SSSR count). The van der Waals surface area contributed by atoms with E-state index in [4.69, 9.17) is 9.47 Å². The lowest BCUT2D eigenvalue weighted by Gasteiger charge is -2.38. The quantitative estimate of drug-likeness (QED) is 0.159. The van der Waals surface area contributed by atoms with Gasteiger partial charge in [-0.15, -0.1) is 0 Å². The Labute approximate surface area is 265 Å². The molecule has 2 heterocycles. The average molecular weight is 595 g/mol. The van der Waals surface area contributed by atoms with E-state index in [9.17, 15) is 4.79 Å². The SMILES string of the molecule is CCC(C)N(CC)c1ccc2c(c1)Oc1ccc(N(Cc3ccccc3)Cc3ccccc3)cc1C21OC(=O)c2ccccc21. The molecule has 2 aliphatic heterocycles. The van der Waals surface area contributed by atoms with Crippen LogP contribution in [0.25, 0.3) is 0 Å². The number of carbonyl (C=O) groups is 1. The summed E-state index contributed by atoms with van der Waals surface area (Å²) < 4.78 is 13.2. The van der Waals surface area contributed by atoms with Crippen molar-refractivity contribution in [1.29, 1.82) is 0 Å². The highest BCUT2D eigenvalue weighted by molar-refractivity contribution is 5.97. The van der Waals surface area contributed by atoms with Gasteiger partial charge >= 0.3 is 5.97 Å². The number of ether oxygens (including phenoxy) is 2. The minimum atomic E-state index is -1.12. The van der Waals surface area contributed by atoms with Crippen LogP contribution in [-0.4, -0.2) is 18.6 Å². The van der Waals surface area contributed by atoms with Crippen molar-refractivity contribution in [3.8, 4) is 11.5 Å². The molecule has 5 heteroatoms. The number of carbonyl (C=O) groups excluding carboxylic acids is 1. The summed E-state index contributed by atoms with van der Waals surface area (Å²) in [6.45, 7) is 8.96. The summed E-state index contributed by atoms with van der Waals surface area (Å²) in [5, 5.41) is 0. The second kappa shape index (κ2) is 11.8. The summed E-state index contributed by atoms with van der Waals surface area (Å²) in [6, 6.07) is 41.8. The Bertz CT molecular complexity index is 1800. The van der Waals surface area contributed by atoms with E-state index in [1.54, 1.807) is 0 Å². The van der Waals surface area contributed by atoms with Gasteiger partial charge in [0.2, 0.25) is 0 Å². The van der Waals surface area contributed by atoms with Gasteiger partial charge in [0, 0.05) is 59.8 Å². The number of hydrogen-bond donors (Lipinski definition) is 0. The first-order chi connectivity index (χ1) is 22.0. The van der Waals surface area contributed by atoms with Crippen molar-refractivity contribution in [3.05, 3.63) is 155 Å². The van der Waals surface area contributed by atoms with E-state index in [-0.39, 0.29) is 5.97 Å². The van der Waals surface area contributed by atoms with Gasteiger partial charge in [-0.25, -0.2) is 4.79 Å². The van der Waals surface area contributed by atoms with E-state index in [1.807, 2.05) is 42.5 Å². The third kappa shape index (κ3) is 5.02. The highest BCUT2D eigenvalue weighted by Crippen LogP contribution is 2.57. The largest absolute Gasteiger partial charge is 0.456 e. The summed E-state index contributed by atoms with van der Waals surface area (Å²) in [5.41, 5.74) is 6.54. The Morgan fingerprint density at radius 2 is 1.31 bits per heavy atom. The number of fused-ring (bicyclic) bond motifs is 6. The zero-order valence-electron chi connectivity index (χ0n) is 26.1. The van der Waals surface area contributed by atoms with Gasteiger partial charge in [-0.2, -0.15) is 0 Å². The second-order valence-corrected chi connectivity index (χ2v) is 11.9. The van der Waals surface area contributed by atoms with Crippen molar-refractivity contribution < 1.29 is 14.3 Å². The summed E-state index contributed by atoms with van der Waals surface area (Å²) in [7, 11) is 0. The highest BCUT2D eigenvalue weighted by atomic mass is 16.6. The molecule has 5 aromatic rings. The van der Waals surface area contributed by atoms with Crippen molar-refractivity contribution >= 4 is 17.3 Å². The minimum absolute atomic E-state index is 0.320. The van der Waals surface area contributed by atoms with Gasteiger partial charge in [-0.1, -0.05) is 85.8 Å². The molecule has 0 aliphatic carbocycles. The second-order valence-electron chi connectivity index (χ2n) is 11.9. The van der Waals surface area contributed by atoms with E-state index in [0.29, 0.717) is 23.1 Å². The van der Waals surface area contributed by atoms with Gasteiger partial charge in [0.15, 0.2) is 5.60 Å². The number of nitrogens with zero attached hydrogens (tertiary/aromatic N) is 2. The zero-order valence-corrected chi connectivity index (χ0v) is 26.1. The smallest absolute Gasteiger partial charge is 0.340 e. The van der Waals surface area contributed by atoms with Crippen LogP contribution in [0.2, 0.25) is 0 Å². The molecule has 0 aromatic heterocycles. The summed E-state index contributed by atoms with van der Waals surface area (Å²) in [6.07, 6.45) is 1.04. The molecule has 0 fully saturated rings. The van der Waals surface area contributed by atoms with Gasteiger partial charge in [0.1, 0.15) is 11.5 Å². The van der Waals surface area contributed by atoms with Crippen LogP contribution < -0.4 is 14.5 Å². The third-order valence-corrected chi connectivity index (χ3v) is 9.27. The molecule has 2 unspecified atom stereocenters. The van der Waals surface area contributed by atoms with Gasteiger partial charge < -0.3 is 19.3 Å². The van der Waals surface area contributed by atoms with E-state index in [0.717, 1.165) is 54.1 Å². The number of benzene rings is 5. The Morgan fingerprint density at radius 1 is 0.667 bits per heavy atom. The predicted octanol–water partition coefficient (Wildman–Crippen LogP) is 9.09. The summed E-state index contributed by atoms with van der Waals surface area (Å²) >= 11 is 0.